The molecule has 3 heterocycles. The fourth-order valence-electron chi connectivity index (χ4n) is 4.13. The summed E-state index contributed by atoms with van der Waals surface area (Å²) in [5.41, 5.74) is 0.432. The van der Waals surface area contributed by atoms with Crippen molar-refractivity contribution in [2.75, 3.05) is 26.2 Å². The number of hydrogen-bond donors (Lipinski definition) is 1. The Bertz CT molecular complexity index is 933. The zero-order valence-corrected chi connectivity index (χ0v) is 15.7. The summed E-state index contributed by atoms with van der Waals surface area (Å²) in [6, 6.07) is 11.5. The highest BCUT2D eigenvalue weighted by molar-refractivity contribution is 6.05. The van der Waals surface area contributed by atoms with E-state index in [0.717, 1.165) is 36.6 Å². The minimum Gasteiger partial charge on any atom is -0.347 e. The van der Waals surface area contributed by atoms with Crippen LogP contribution >= 0.6 is 0 Å². The van der Waals surface area contributed by atoms with Gasteiger partial charge in [0.1, 0.15) is 11.7 Å². The molecule has 7 nitrogen and oxygen atoms in total. The van der Waals surface area contributed by atoms with Gasteiger partial charge in [-0.1, -0.05) is 24.3 Å². The molecule has 1 N–H and O–H groups in total. The van der Waals surface area contributed by atoms with E-state index in [0.29, 0.717) is 25.3 Å². The summed E-state index contributed by atoms with van der Waals surface area (Å²) in [6.07, 6.45) is 4.10. The van der Waals surface area contributed by atoms with Gasteiger partial charge < -0.3 is 10.2 Å². The van der Waals surface area contributed by atoms with Crippen LogP contribution in [0.2, 0.25) is 0 Å². The summed E-state index contributed by atoms with van der Waals surface area (Å²) in [4.78, 5) is 33.2. The Labute approximate surface area is 163 Å². The topological polar surface area (TPSA) is 89.3 Å². The Hall–Kier alpha value is -2.98. The third-order valence-electron chi connectivity index (χ3n) is 5.58. The zero-order valence-electron chi connectivity index (χ0n) is 15.7. The molecule has 2 aliphatic heterocycles. The average molecular weight is 377 g/mol. The van der Waals surface area contributed by atoms with Gasteiger partial charge in [0.15, 0.2) is 0 Å². The maximum atomic E-state index is 12.7. The third kappa shape index (κ3) is 3.69. The highest BCUT2D eigenvalue weighted by atomic mass is 16.2. The number of aromatic nitrogens is 1. The number of nitrogens with one attached hydrogen (secondary N) is 1. The molecule has 7 heteroatoms. The Morgan fingerprint density at radius 3 is 2.93 bits per heavy atom. The number of nitriles is 1. The van der Waals surface area contributed by atoms with Gasteiger partial charge in [-0.15, -0.1) is 0 Å². The van der Waals surface area contributed by atoms with Gasteiger partial charge in [0.05, 0.1) is 12.6 Å². The Kier molecular flexibility index (Phi) is 5.22. The predicted molar refractivity (Wildman–Crippen MR) is 104 cm³/mol. The lowest BCUT2D eigenvalue weighted by Gasteiger charge is -2.23. The monoisotopic (exact) mass is 377 g/mol. The van der Waals surface area contributed by atoms with Crippen molar-refractivity contribution in [2.24, 2.45) is 0 Å². The molecule has 2 unspecified atom stereocenters. The Balaban J connectivity index is 1.35. The van der Waals surface area contributed by atoms with Crippen LogP contribution in [0.3, 0.4) is 0 Å². The van der Waals surface area contributed by atoms with Crippen LogP contribution in [-0.2, 0) is 4.79 Å². The fourth-order valence-corrected chi connectivity index (χ4v) is 4.13. The summed E-state index contributed by atoms with van der Waals surface area (Å²) in [5.74, 6) is -0.175. The number of rotatable bonds is 4. The van der Waals surface area contributed by atoms with Crippen LogP contribution in [0, 0.1) is 11.3 Å². The maximum Gasteiger partial charge on any atom is 0.270 e. The van der Waals surface area contributed by atoms with E-state index in [1.807, 2.05) is 30.3 Å². The molecular formula is C21H23N5O2. The number of nitrogens with zero attached hydrogens (tertiary/aromatic N) is 4. The molecule has 0 aliphatic carbocycles. The summed E-state index contributed by atoms with van der Waals surface area (Å²) < 4.78 is 0. The number of carbonyl (C=O) groups is 2. The summed E-state index contributed by atoms with van der Waals surface area (Å²) in [6.45, 7) is 2.35. The van der Waals surface area contributed by atoms with Crippen molar-refractivity contribution in [3.63, 3.8) is 0 Å². The first-order chi connectivity index (χ1) is 13.7. The van der Waals surface area contributed by atoms with E-state index >= 15 is 0 Å². The highest BCUT2D eigenvalue weighted by Crippen LogP contribution is 2.19. The van der Waals surface area contributed by atoms with Crippen molar-refractivity contribution in [3.8, 4) is 6.07 Å². The van der Waals surface area contributed by atoms with Crippen LogP contribution in [0.5, 0.6) is 0 Å². The number of carbonyl (C=O) groups excluding carboxylic acids is 2. The lowest BCUT2D eigenvalue weighted by Crippen LogP contribution is -2.43. The molecule has 2 aliphatic rings. The van der Waals surface area contributed by atoms with Gasteiger partial charge in [0, 0.05) is 37.3 Å². The Morgan fingerprint density at radius 2 is 2.07 bits per heavy atom. The number of likely N-dealkylation sites (tertiary alicyclic amines) is 2. The molecule has 2 saturated heterocycles. The molecule has 0 spiro atoms. The van der Waals surface area contributed by atoms with Crippen LogP contribution in [0.4, 0.5) is 0 Å². The molecule has 2 amide bonds. The molecule has 4 rings (SSSR count). The first kappa shape index (κ1) is 18.4. The van der Waals surface area contributed by atoms with E-state index in [1.165, 1.54) is 0 Å². The molecule has 1 aromatic carbocycles. The summed E-state index contributed by atoms with van der Waals surface area (Å²) in [5, 5.41) is 14.0. The fraction of sp³-hybridized carbons (Fsp3) is 0.429. The second kappa shape index (κ2) is 7.95. The van der Waals surface area contributed by atoms with Crippen molar-refractivity contribution in [3.05, 3.63) is 42.2 Å². The number of fused-ring (bicyclic) bond motifs is 1. The molecule has 0 radical (unpaired) electrons. The largest absolute Gasteiger partial charge is 0.347 e. The van der Waals surface area contributed by atoms with Gasteiger partial charge in [-0.3, -0.25) is 19.5 Å². The van der Waals surface area contributed by atoms with E-state index < -0.39 is 0 Å². The second-order valence-corrected chi connectivity index (χ2v) is 7.45. The molecule has 0 saturated carbocycles. The van der Waals surface area contributed by atoms with E-state index in [1.54, 1.807) is 11.1 Å². The Morgan fingerprint density at radius 1 is 1.21 bits per heavy atom. The molecule has 2 atom stereocenters. The standard InChI is InChI=1S/C21H23N5O2/c22-12-17-5-3-10-26(17)19(27)14-25-11-8-16(13-25)24-21(28)20-18-6-2-1-4-15(18)7-9-23-20/h1-2,4,6-7,9,16-17H,3,5,8,10-11,13-14H2,(H,24,28). The lowest BCUT2D eigenvalue weighted by molar-refractivity contribution is -0.132. The second-order valence-electron chi connectivity index (χ2n) is 7.45. The van der Waals surface area contributed by atoms with Crippen LogP contribution in [0.15, 0.2) is 36.5 Å². The molecule has 28 heavy (non-hydrogen) atoms. The molecule has 144 valence electrons. The lowest BCUT2D eigenvalue weighted by atomic mass is 10.1. The highest BCUT2D eigenvalue weighted by Gasteiger charge is 2.32. The van der Waals surface area contributed by atoms with Gasteiger partial charge in [-0.05, 0) is 30.7 Å². The minimum atomic E-state index is -0.289. The van der Waals surface area contributed by atoms with E-state index in [4.69, 9.17) is 5.26 Å². The van der Waals surface area contributed by atoms with Crippen LogP contribution in [-0.4, -0.2) is 64.9 Å². The average Bonchev–Trinajstić information content (AvgIpc) is 3.36. The number of amides is 2. The van der Waals surface area contributed by atoms with E-state index in [2.05, 4.69) is 21.3 Å². The smallest absolute Gasteiger partial charge is 0.270 e. The third-order valence-corrected chi connectivity index (χ3v) is 5.58. The summed E-state index contributed by atoms with van der Waals surface area (Å²) in [7, 11) is 0. The van der Waals surface area contributed by atoms with Crippen LogP contribution < -0.4 is 5.32 Å². The van der Waals surface area contributed by atoms with Gasteiger partial charge in [-0.25, -0.2) is 0 Å². The van der Waals surface area contributed by atoms with E-state index in [-0.39, 0.29) is 23.9 Å². The summed E-state index contributed by atoms with van der Waals surface area (Å²) >= 11 is 0. The minimum absolute atomic E-state index is 0.00625. The van der Waals surface area contributed by atoms with Crippen molar-refractivity contribution in [1.29, 1.82) is 5.26 Å². The van der Waals surface area contributed by atoms with E-state index in [9.17, 15) is 9.59 Å². The number of pyridine rings is 1. The maximum absolute atomic E-state index is 12.7. The molecule has 0 bridgehead atoms. The van der Waals surface area contributed by atoms with Gasteiger partial charge in [0.25, 0.3) is 5.91 Å². The first-order valence-electron chi connectivity index (χ1n) is 9.72. The predicted octanol–water partition coefficient (Wildman–Crippen LogP) is 1.55. The van der Waals surface area contributed by atoms with Crippen molar-refractivity contribution in [1.82, 2.24) is 20.1 Å². The molecule has 2 aromatic rings. The normalized spacial score (nSPS) is 22.3. The van der Waals surface area contributed by atoms with Crippen molar-refractivity contribution < 1.29 is 9.59 Å². The van der Waals surface area contributed by atoms with Crippen LogP contribution in [0.1, 0.15) is 29.8 Å². The van der Waals surface area contributed by atoms with Crippen molar-refractivity contribution >= 4 is 22.6 Å². The van der Waals surface area contributed by atoms with Gasteiger partial charge >= 0.3 is 0 Å². The number of hydrogen-bond acceptors (Lipinski definition) is 5. The first-order valence-corrected chi connectivity index (χ1v) is 9.72. The molecular weight excluding hydrogens is 354 g/mol. The number of benzene rings is 1. The van der Waals surface area contributed by atoms with Gasteiger partial charge in [0.2, 0.25) is 5.91 Å². The van der Waals surface area contributed by atoms with Crippen LogP contribution in [0.25, 0.3) is 10.8 Å². The molecule has 2 fully saturated rings. The van der Waals surface area contributed by atoms with Crippen molar-refractivity contribution in [2.45, 2.75) is 31.3 Å². The van der Waals surface area contributed by atoms with Gasteiger partial charge in [-0.2, -0.15) is 5.26 Å². The molecule has 1 aromatic heterocycles. The zero-order chi connectivity index (χ0) is 19.5. The quantitative estimate of drug-likeness (QED) is 0.873. The SMILES string of the molecule is N#CC1CCCN1C(=O)CN1CCC(NC(=O)c2nccc3ccccc23)C1.